The highest BCUT2D eigenvalue weighted by Gasteiger charge is 2.40. The first-order valence-corrected chi connectivity index (χ1v) is 5.58. The quantitative estimate of drug-likeness (QED) is 0.783. The van der Waals surface area contributed by atoms with Crippen LogP contribution >= 0.6 is 0 Å². The fraction of sp³-hybridized carbons (Fsp3) is 0.385. The summed E-state index contributed by atoms with van der Waals surface area (Å²) in [6.07, 6.45) is 0. The Bertz CT molecular complexity index is 467. The zero-order valence-electron chi connectivity index (χ0n) is 10.2. The summed E-state index contributed by atoms with van der Waals surface area (Å²) >= 11 is 0. The zero-order valence-corrected chi connectivity index (χ0v) is 10.2. The summed E-state index contributed by atoms with van der Waals surface area (Å²) < 4.78 is 0. The summed E-state index contributed by atoms with van der Waals surface area (Å²) in [5.41, 5.74) is 2.57. The van der Waals surface area contributed by atoms with E-state index in [1.54, 1.807) is 6.92 Å². The Morgan fingerprint density at radius 3 is 1.88 bits per heavy atom. The molecule has 1 heterocycles. The molecule has 0 bridgehead atoms. The van der Waals surface area contributed by atoms with Gasteiger partial charge in [-0.3, -0.25) is 14.5 Å². The minimum atomic E-state index is -0.485. The SMILES string of the molecule is Cc1ccc(C)c2c1C(=O)N(C(C)CO)C2=O. The molecular weight excluding hydrogens is 218 g/mol. The van der Waals surface area contributed by atoms with Gasteiger partial charge in [0.25, 0.3) is 11.8 Å². The van der Waals surface area contributed by atoms with Crippen molar-refractivity contribution in [3.05, 3.63) is 34.4 Å². The molecule has 2 amide bonds. The number of aliphatic hydroxyl groups is 1. The van der Waals surface area contributed by atoms with Crippen molar-refractivity contribution >= 4 is 11.8 Å². The second-order valence-corrected chi connectivity index (χ2v) is 4.46. The molecule has 1 aromatic rings. The Morgan fingerprint density at radius 2 is 1.53 bits per heavy atom. The van der Waals surface area contributed by atoms with Gasteiger partial charge in [0.1, 0.15) is 0 Å². The minimum Gasteiger partial charge on any atom is -0.394 e. The molecule has 0 spiro atoms. The van der Waals surface area contributed by atoms with Gasteiger partial charge in [0.05, 0.1) is 23.8 Å². The van der Waals surface area contributed by atoms with Crippen molar-refractivity contribution < 1.29 is 14.7 Å². The molecule has 1 aliphatic heterocycles. The van der Waals surface area contributed by atoms with Crippen LogP contribution in [0.5, 0.6) is 0 Å². The number of nitrogens with zero attached hydrogens (tertiary/aromatic N) is 1. The van der Waals surface area contributed by atoms with Gasteiger partial charge < -0.3 is 5.11 Å². The summed E-state index contributed by atoms with van der Waals surface area (Å²) in [7, 11) is 0. The van der Waals surface area contributed by atoms with Crippen molar-refractivity contribution in [2.24, 2.45) is 0 Å². The normalized spacial score (nSPS) is 16.4. The third-order valence-corrected chi connectivity index (χ3v) is 3.19. The number of hydrogen-bond donors (Lipinski definition) is 1. The lowest BCUT2D eigenvalue weighted by atomic mass is 9.99. The van der Waals surface area contributed by atoms with Gasteiger partial charge in [-0.15, -0.1) is 0 Å². The summed E-state index contributed by atoms with van der Waals surface area (Å²) in [6.45, 7) is 5.07. The van der Waals surface area contributed by atoms with E-state index in [-0.39, 0.29) is 18.4 Å². The van der Waals surface area contributed by atoms with Gasteiger partial charge in [0.15, 0.2) is 0 Å². The van der Waals surface area contributed by atoms with Gasteiger partial charge >= 0.3 is 0 Å². The van der Waals surface area contributed by atoms with Crippen molar-refractivity contribution in [2.45, 2.75) is 26.8 Å². The topological polar surface area (TPSA) is 57.6 Å². The van der Waals surface area contributed by atoms with Crippen molar-refractivity contribution in [1.29, 1.82) is 0 Å². The van der Waals surface area contributed by atoms with Crippen LogP contribution in [0.2, 0.25) is 0 Å². The van der Waals surface area contributed by atoms with Crippen LogP contribution in [0.3, 0.4) is 0 Å². The van der Waals surface area contributed by atoms with E-state index in [0.29, 0.717) is 11.1 Å². The van der Waals surface area contributed by atoms with E-state index in [1.807, 2.05) is 26.0 Å². The van der Waals surface area contributed by atoms with Crippen molar-refractivity contribution in [3.8, 4) is 0 Å². The maximum atomic E-state index is 12.2. The average molecular weight is 233 g/mol. The fourth-order valence-electron chi connectivity index (χ4n) is 2.18. The molecule has 0 radical (unpaired) electrons. The van der Waals surface area contributed by atoms with E-state index in [9.17, 15) is 9.59 Å². The maximum Gasteiger partial charge on any atom is 0.262 e. The van der Waals surface area contributed by atoms with Crippen molar-refractivity contribution in [3.63, 3.8) is 0 Å². The van der Waals surface area contributed by atoms with Crippen LogP contribution in [0.4, 0.5) is 0 Å². The molecule has 1 atom stereocenters. The van der Waals surface area contributed by atoms with Crippen LogP contribution in [-0.2, 0) is 0 Å². The number of carbonyl (C=O) groups excluding carboxylic acids is 2. The number of imide groups is 1. The lowest BCUT2D eigenvalue weighted by Crippen LogP contribution is -2.40. The first-order valence-electron chi connectivity index (χ1n) is 5.58. The van der Waals surface area contributed by atoms with Crippen molar-refractivity contribution in [1.82, 2.24) is 4.90 Å². The Morgan fingerprint density at radius 1 is 1.12 bits per heavy atom. The number of hydrogen-bond acceptors (Lipinski definition) is 3. The van der Waals surface area contributed by atoms with Crippen LogP contribution < -0.4 is 0 Å². The van der Waals surface area contributed by atoms with E-state index < -0.39 is 6.04 Å². The van der Waals surface area contributed by atoms with Crippen LogP contribution in [-0.4, -0.2) is 34.5 Å². The van der Waals surface area contributed by atoms with E-state index in [2.05, 4.69) is 0 Å². The molecule has 1 aromatic carbocycles. The molecule has 0 aliphatic carbocycles. The van der Waals surface area contributed by atoms with Crippen molar-refractivity contribution in [2.75, 3.05) is 6.61 Å². The summed E-state index contributed by atoms with van der Waals surface area (Å²) in [4.78, 5) is 25.5. The smallest absolute Gasteiger partial charge is 0.262 e. The second-order valence-electron chi connectivity index (χ2n) is 4.46. The minimum absolute atomic E-state index is 0.219. The molecule has 1 N–H and O–H groups in total. The standard InChI is InChI=1S/C13H15NO3/c1-7-4-5-8(2)11-10(7)12(16)14(13(11)17)9(3)6-15/h4-5,9,15H,6H2,1-3H3. The molecule has 1 aliphatic rings. The molecule has 0 aromatic heterocycles. The van der Waals surface area contributed by atoms with Gasteiger partial charge in [0, 0.05) is 0 Å². The molecule has 0 fully saturated rings. The summed E-state index contributed by atoms with van der Waals surface area (Å²) in [5.74, 6) is -0.597. The average Bonchev–Trinajstić information content (AvgIpc) is 2.56. The number of carbonyl (C=O) groups is 2. The lowest BCUT2D eigenvalue weighted by molar-refractivity contribution is 0.0537. The van der Waals surface area contributed by atoms with E-state index in [4.69, 9.17) is 5.11 Å². The van der Waals surface area contributed by atoms with Crippen LogP contribution in [0.25, 0.3) is 0 Å². The third-order valence-electron chi connectivity index (χ3n) is 3.19. The number of rotatable bonds is 2. The highest BCUT2D eigenvalue weighted by Crippen LogP contribution is 2.29. The fourth-order valence-corrected chi connectivity index (χ4v) is 2.18. The number of benzene rings is 1. The molecule has 4 nitrogen and oxygen atoms in total. The zero-order chi connectivity index (χ0) is 12.7. The van der Waals surface area contributed by atoms with Crippen LogP contribution in [0, 0.1) is 13.8 Å². The van der Waals surface area contributed by atoms with Gasteiger partial charge in [-0.25, -0.2) is 0 Å². The summed E-state index contributed by atoms with van der Waals surface area (Å²) in [6, 6.07) is 3.19. The van der Waals surface area contributed by atoms with Crippen LogP contribution in [0.15, 0.2) is 12.1 Å². The Labute approximate surface area is 99.9 Å². The van der Waals surface area contributed by atoms with Gasteiger partial charge in [-0.2, -0.15) is 0 Å². The summed E-state index contributed by atoms with van der Waals surface area (Å²) in [5, 5.41) is 9.10. The molecule has 0 saturated carbocycles. The van der Waals surface area contributed by atoms with Gasteiger partial charge in [0.2, 0.25) is 0 Å². The molecule has 0 saturated heterocycles. The highest BCUT2D eigenvalue weighted by molar-refractivity contribution is 6.22. The number of fused-ring (bicyclic) bond motifs is 1. The van der Waals surface area contributed by atoms with E-state index >= 15 is 0 Å². The van der Waals surface area contributed by atoms with E-state index in [1.165, 1.54) is 0 Å². The first-order chi connectivity index (χ1) is 7.99. The Kier molecular flexibility index (Phi) is 2.75. The largest absolute Gasteiger partial charge is 0.394 e. The molecule has 1 unspecified atom stereocenters. The Balaban J connectivity index is 2.61. The van der Waals surface area contributed by atoms with Crippen LogP contribution in [0.1, 0.15) is 38.8 Å². The van der Waals surface area contributed by atoms with Gasteiger partial charge in [-0.1, -0.05) is 12.1 Å². The maximum absolute atomic E-state index is 12.2. The predicted octanol–water partition coefficient (Wildman–Crippen LogP) is 1.28. The number of aryl methyl sites for hydroxylation is 2. The molecule has 90 valence electrons. The number of amides is 2. The third kappa shape index (κ3) is 1.56. The number of aliphatic hydroxyl groups excluding tert-OH is 1. The first kappa shape index (κ1) is 11.8. The molecule has 4 heteroatoms. The molecule has 17 heavy (non-hydrogen) atoms. The van der Waals surface area contributed by atoms with Gasteiger partial charge in [-0.05, 0) is 31.9 Å². The highest BCUT2D eigenvalue weighted by atomic mass is 16.3. The molecular formula is C13H15NO3. The van der Waals surface area contributed by atoms with E-state index in [0.717, 1.165) is 16.0 Å². The second kappa shape index (κ2) is 3.96. The molecule has 2 rings (SSSR count). The monoisotopic (exact) mass is 233 g/mol. The Hall–Kier alpha value is -1.68. The predicted molar refractivity (Wildman–Crippen MR) is 63.0 cm³/mol. The lowest BCUT2D eigenvalue weighted by Gasteiger charge is -2.20.